The number of nitrogens with zero attached hydrogens (tertiary/aromatic N) is 2. The van der Waals surface area contributed by atoms with Gasteiger partial charge in [-0.05, 0) is 43.3 Å². The third-order valence-electron chi connectivity index (χ3n) is 3.75. The molecular weight excluding hydrogens is 392 g/mol. The van der Waals surface area contributed by atoms with Crippen molar-refractivity contribution < 1.29 is 17.9 Å². The molecule has 0 saturated heterocycles. The lowest BCUT2D eigenvalue weighted by Gasteiger charge is -2.09. The van der Waals surface area contributed by atoms with Crippen LogP contribution in [0.2, 0.25) is 5.02 Å². The molecule has 2 aromatic carbocycles. The van der Waals surface area contributed by atoms with Gasteiger partial charge in [0.25, 0.3) is 15.9 Å². The van der Waals surface area contributed by atoms with Crippen LogP contribution in [0.25, 0.3) is 0 Å². The van der Waals surface area contributed by atoms with Crippen molar-refractivity contribution in [1.29, 1.82) is 0 Å². The summed E-state index contributed by atoms with van der Waals surface area (Å²) < 4.78 is 32.0. The van der Waals surface area contributed by atoms with Crippen LogP contribution >= 0.6 is 11.6 Å². The second-order valence-electron chi connectivity index (χ2n) is 5.44. The van der Waals surface area contributed by atoms with E-state index in [2.05, 4.69) is 0 Å². The van der Waals surface area contributed by atoms with Crippen molar-refractivity contribution in [2.45, 2.75) is 11.8 Å². The minimum Gasteiger partial charge on any atom is -0.493 e. The van der Waals surface area contributed by atoms with Crippen molar-refractivity contribution in [2.24, 2.45) is 0 Å². The molecule has 0 aliphatic heterocycles. The smallest absolute Gasteiger partial charge is 0.349 e. The molecule has 1 heterocycles. The number of para-hydroxylation sites is 1. The Morgan fingerprint density at radius 2 is 1.74 bits per heavy atom. The first kappa shape index (κ1) is 18.9. The van der Waals surface area contributed by atoms with Gasteiger partial charge < -0.3 is 4.74 Å². The van der Waals surface area contributed by atoms with E-state index in [0.717, 1.165) is 17.0 Å². The number of halogens is 1. The van der Waals surface area contributed by atoms with E-state index in [-0.39, 0.29) is 10.5 Å². The summed E-state index contributed by atoms with van der Waals surface area (Å²) in [5.74, 6) is -0.376. The normalized spacial score (nSPS) is 11.3. The van der Waals surface area contributed by atoms with Gasteiger partial charge in [-0.3, -0.25) is 4.79 Å². The highest BCUT2D eigenvalue weighted by Crippen LogP contribution is 2.19. The van der Waals surface area contributed by atoms with Gasteiger partial charge in [0.1, 0.15) is 5.75 Å². The number of carbonyl (C=O) groups is 1. The minimum absolute atomic E-state index is 0.117. The van der Waals surface area contributed by atoms with Crippen molar-refractivity contribution in [3.05, 3.63) is 82.0 Å². The molecule has 0 fully saturated rings. The maximum absolute atomic E-state index is 12.7. The van der Waals surface area contributed by atoms with Gasteiger partial charge in [-0.2, -0.15) is 3.97 Å². The van der Waals surface area contributed by atoms with Gasteiger partial charge in [-0.15, -0.1) is 0 Å². The van der Waals surface area contributed by atoms with Crippen LogP contribution in [0.4, 0.5) is 0 Å². The summed E-state index contributed by atoms with van der Waals surface area (Å²) in [7, 11) is -4.16. The molecule has 9 heteroatoms. The Morgan fingerprint density at radius 3 is 2.41 bits per heavy atom. The highest BCUT2D eigenvalue weighted by molar-refractivity contribution is 7.90. The third kappa shape index (κ3) is 3.54. The first-order valence-corrected chi connectivity index (χ1v) is 9.75. The Labute approximate surface area is 160 Å². The molecule has 3 rings (SSSR count). The SMILES string of the molecule is CCOc1ccccc1C(=O)n1ccn(S(=O)(=O)c2ccc(Cl)cc2)c1=O. The molecule has 0 N–H and O–H groups in total. The Morgan fingerprint density at radius 1 is 1.07 bits per heavy atom. The second kappa shape index (κ2) is 7.42. The predicted octanol–water partition coefficient (Wildman–Crippen LogP) is 2.63. The van der Waals surface area contributed by atoms with E-state index in [9.17, 15) is 18.0 Å². The molecule has 140 valence electrons. The fraction of sp³-hybridized carbons (Fsp3) is 0.111. The Balaban J connectivity index is 2.05. The highest BCUT2D eigenvalue weighted by Gasteiger charge is 2.24. The quantitative estimate of drug-likeness (QED) is 0.650. The van der Waals surface area contributed by atoms with Gasteiger partial charge in [0.05, 0.1) is 17.1 Å². The molecule has 0 radical (unpaired) electrons. The molecule has 0 bridgehead atoms. The molecule has 0 atom stereocenters. The molecule has 0 aliphatic carbocycles. The van der Waals surface area contributed by atoms with Gasteiger partial charge >= 0.3 is 5.69 Å². The zero-order valence-electron chi connectivity index (χ0n) is 14.2. The van der Waals surface area contributed by atoms with Crippen molar-refractivity contribution in [1.82, 2.24) is 8.54 Å². The number of imidazole rings is 1. The summed E-state index contributed by atoms with van der Waals surface area (Å²) in [6.45, 7) is 2.10. The van der Waals surface area contributed by atoms with Gasteiger partial charge in [-0.1, -0.05) is 23.7 Å². The van der Waals surface area contributed by atoms with Crippen molar-refractivity contribution in [3.63, 3.8) is 0 Å². The summed E-state index contributed by atoms with van der Waals surface area (Å²) >= 11 is 5.77. The molecule has 0 spiro atoms. The fourth-order valence-corrected chi connectivity index (χ4v) is 3.81. The predicted molar refractivity (Wildman–Crippen MR) is 100 cm³/mol. The van der Waals surface area contributed by atoms with E-state index in [1.54, 1.807) is 25.1 Å². The fourth-order valence-electron chi connectivity index (χ4n) is 2.47. The number of carbonyl (C=O) groups excluding carboxylic acids is 1. The van der Waals surface area contributed by atoms with Crippen molar-refractivity contribution in [2.75, 3.05) is 6.61 Å². The van der Waals surface area contributed by atoms with E-state index in [0.29, 0.717) is 21.4 Å². The van der Waals surface area contributed by atoms with Gasteiger partial charge in [0.15, 0.2) is 0 Å². The monoisotopic (exact) mass is 406 g/mol. The summed E-state index contributed by atoms with van der Waals surface area (Å²) in [5, 5.41) is 0.363. The lowest BCUT2D eigenvalue weighted by Crippen LogP contribution is -2.32. The number of benzene rings is 2. The van der Waals surface area contributed by atoms with E-state index in [1.807, 2.05) is 0 Å². The summed E-state index contributed by atoms with van der Waals surface area (Å²) in [6, 6.07) is 11.8. The van der Waals surface area contributed by atoms with Crippen LogP contribution in [0.15, 0.2) is 70.6 Å². The number of hydrogen-bond donors (Lipinski definition) is 0. The largest absolute Gasteiger partial charge is 0.493 e. The van der Waals surface area contributed by atoms with Crippen LogP contribution < -0.4 is 10.4 Å². The molecule has 27 heavy (non-hydrogen) atoms. The van der Waals surface area contributed by atoms with E-state index in [1.165, 1.54) is 30.3 Å². The Hall–Kier alpha value is -2.84. The van der Waals surface area contributed by atoms with Crippen molar-refractivity contribution in [3.8, 4) is 5.75 Å². The average molecular weight is 407 g/mol. The molecule has 0 aliphatic rings. The van der Waals surface area contributed by atoms with Crippen LogP contribution in [0.5, 0.6) is 5.75 Å². The molecule has 0 unspecified atom stereocenters. The van der Waals surface area contributed by atoms with Gasteiger partial charge in [0, 0.05) is 17.4 Å². The Bertz CT molecular complexity index is 1150. The molecule has 0 amide bonds. The third-order valence-corrected chi connectivity index (χ3v) is 5.67. The summed E-state index contributed by atoms with van der Waals surface area (Å²) in [5.41, 5.74) is -0.843. The minimum atomic E-state index is -4.16. The maximum atomic E-state index is 12.7. The lowest BCUT2D eigenvalue weighted by molar-refractivity contribution is 0.0952. The molecule has 3 aromatic rings. The number of ether oxygens (including phenoxy) is 1. The van der Waals surface area contributed by atoms with Crippen LogP contribution in [-0.4, -0.2) is 29.5 Å². The van der Waals surface area contributed by atoms with Crippen LogP contribution in [-0.2, 0) is 10.0 Å². The molecular formula is C18H15ClN2O5S. The maximum Gasteiger partial charge on any atom is 0.349 e. The Kier molecular flexibility index (Phi) is 5.20. The van der Waals surface area contributed by atoms with Crippen LogP contribution in [0.3, 0.4) is 0 Å². The zero-order valence-corrected chi connectivity index (χ0v) is 15.8. The topological polar surface area (TPSA) is 87.4 Å². The standard InChI is InChI=1S/C18H15ClN2O5S/c1-2-26-16-6-4-3-5-15(16)17(22)20-11-12-21(18(20)23)27(24,25)14-9-7-13(19)8-10-14/h3-12H,2H2,1H3. The summed E-state index contributed by atoms with van der Waals surface area (Å²) in [6.07, 6.45) is 2.15. The molecule has 1 aromatic heterocycles. The number of hydrogen-bond acceptors (Lipinski definition) is 5. The van der Waals surface area contributed by atoms with E-state index < -0.39 is 21.6 Å². The first-order valence-electron chi connectivity index (χ1n) is 7.94. The number of rotatable bonds is 5. The molecule has 7 nitrogen and oxygen atoms in total. The number of aromatic nitrogens is 2. The van der Waals surface area contributed by atoms with E-state index >= 15 is 0 Å². The highest BCUT2D eigenvalue weighted by atomic mass is 35.5. The lowest BCUT2D eigenvalue weighted by atomic mass is 10.2. The van der Waals surface area contributed by atoms with Crippen molar-refractivity contribution >= 4 is 27.5 Å². The van der Waals surface area contributed by atoms with Gasteiger partial charge in [0.2, 0.25) is 0 Å². The second-order valence-corrected chi connectivity index (χ2v) is 7.69. The molecule has 0 saturated carbocycles. The van der Waals surface area contributed by atoms with Crippen LogP contribution in [0, 0.1) is 0 Å². The average Bonchev–Trinajstić information content (AvgIpc) is 3.04. The van der Waals surface area contributed by atoms with E-state index in [4.69, 9.17) is 16.3 Å². The first-order chi connectivity index (χ1) is 12.9. The summed E-state index contributed by atoms with van der Waals surface area (Å²) in [4.78, 5) is 25.2. The zero-order chi connectivity index (χ0) is 19.6. The van der Waals surface area contributed by atoms with Gasteiger partial charge in [-0.25, -0.2) is 17.8 Å². The van der Waals surface area contributed by atoms with Crippen LogP contribution in [0.1, 0.15) is 17.3 Å².